The Bertz CT molecular complexity index is 260. The molecular weight excluding hydrogens is 162 g/mol. The summed E-state index contributed by atoms with van der Waals surface area (Å²) < 4.78 is 5.53. The smallest absolute Gasteiger partial charge is 0.213 e. The van der Waals surface area contributed by atoms with E-state index in [0.717, 1.165) is 24.6 Å². The quantitative estimate of drug-likeness (QED) is 0.709. The molecule has 0 fully saturated rings. The third kappa shape index (κ3) is 3.45. The van der Waals surface area contributed by atoms with Crippen molar-refractivity contribution >= 4 is 0 Å². The number of nitrogens with zero attached hydrogens (tertiary/aromatic N) is 1. The molecule has 1 aromatic heterocycles. The first-order chi connectivity index (χ1) is 6.22. The van der Waals surface area contributed by atoms with Crippen LogP contribution >= 0.6 is 0 Å². The van der Waals surface area contributed by atoms with Gasteiger partial charge in [0.15, 0.2) is 0 Å². The Labute approximate surface area is 80.0 Å². The Hall–Kier alpha value is -1.05. The minimum Gasteiger partial charge on any atom is -0.477 e. The summed E-state index contributed by atoms with van der Waals surface area (Å²) in [6.07, 6.45) is 1.14. The van der Waals surface area contributed by atoms with E-state index >= 15 is 0 Å². The molecule has 0 radical (unpaired) electrons. The van der Waals surface area contributed by atoms with Crippen LogP contribution in [0.5, 0.6) is 5.88 Å². The second-order valence-electron chi connectivity index (χ2n) is 3.44. The molecule has 2 nitrogen and oxygen atoms in total. The predicted molar refractivity (Wildman–Crippen MR) is 53.9 cm³/mol. The van der Waals surface area contributed by atoms with Crippen LogP contribution in [0.1, 0.15) is 26.0 Å². The molecule has 1 rings (SSSR count). The molecule has 13 heavy (non-hydrogen) atoms. The zero-order chi connectivity index (χ0) is 9.68. The number of aryl methyl sites for hydroxylation is 1. The van der Waals surface area contributed by atoms with Gasteiger partial charge in [-0.25, -0.2) is 4.98 Å². The molecule has 0 spiro atoms. The Morgan fingerprint density at radius 3 is 2.85 bits per heavy atom. The van der Waals surface area contributed by atoms with Crippen molar-refractivity contribution in [3.63, 3.8) is 0 Å². The molecule has 1 aromatic rings. The van der Waals surface area contributed by atoms with E-state index in [0.29, 0.717) is 5.92 Å². The average molecular weight is 179 g/mol. The summed E-state index contributed by atoms with van der Waals surface area (Å²) >= 11 is 0. The molecule has 0 saturated heterocycles. The third-order valence-electron chi connectivity index (χ3n) is 2.08. The first-order valence-corrected chi connectivity index (χ1v) is 4.78. The molecular formula is C11H17NO. The van der Waals surface area contributed by atoms with Crippen LogP contribution in [-0.2, 0) is 0 Å². The van der Waals surface area contributed by atoms with Gasteiger partial charge in [0.05, 0.1) is 6.61 Å². The van der Waals surface area contributed by atoms with Gasteiger partial charge >= 0.3 is 0 Å². The fourth-order valence-electron chi connectivity index (χ4n) is 0.944. The topological polar surface area (TPSA) is 22.1 Å². The van der Waals surface area contributed by atoms with E-state index in [1.54, 1.807) is 0 Å². The maximum atomic E-state index is 5.53. The van der Waals surface area contributed by atoms with Crippen LogP contribution < -0.4 is 4.74 Å². The zero-order valence-corrected chi connectivity index (χ0v) is 8.58. The lowest BCUT2D eigenvalue weighted by Gasteiger charge is -2.09. The Morgan fingerprint density at radius 2 is 2.23 bits per heavy atom. The Kier molecular flexibility index (Phi) is 3.74. The van der Waals surface area contributed by atoms with E-state index < -0.39 is 0 Å². The molecule has 1 unspecified atom stereocenters. The highest BCUT2D eigenvalue weighted by Crippen LogP contribution is 2.09. The van der Waals surface area contributed by atoms with Crippen LogP contribution in [-0.4, -0.2) is 11.6 Å². The van der Waals surface area contributed by atoms with Crippen molar-refractivity contribution in [1.82, 2.24) is 4.98 Å². The molecule has 0 N–H and O–H groups in total. The van der Waals surface area contributed by atoms with Crippen molar-refractivity contribution in [3.8, 4) is 5.88 Å². The first-order valence-electron chi connectivity index (χ1n) is 4.78. The molecule has 1 heterocycles. The largest absolute Gasteiger partial charge is 0.477 e. The lowest BCUT2D eigenvalue weighted by Crippen LogP contribution is -2.08. The minimum atomic E-state index is 0.599. The van der Waals surface area contributed by atoms with Gasteiger partial charge in [0, 0.05) is 11.8 Å². The van der Waals surface area contributed by atoms with Crippen LogP contribution in [0.3, 0.4) is 0 Å². The van der Waals surface area contributed by atoms with Crippen molar-refractivity contribution in [2.75, 3.05) is 6.61 Å². The van der Waals surface area contributed by atoms with E-state index in [-0.39, 0.29) is 0 Å². The van der Waals surface area contributed by atoms with Crippen LogP contribution in [0, 0.1) is 12.8 Å². The SMILES string of the molecule is CCC(C)COc1cccc(C)n1. The van der Waals surface area contributed by atoms with Gasteiger partial charge in [0.1, 0.15) is 0 Å². The predicted octanol–water partition coefficient (Wildman–Crippen LogP) is 2.81. The van der Waals surface area contributed by atoms with E-state index in [4.69, 9.17) is 4.74 Å². The van der Waals surface area contributed by atoms with E-state index in [2.05, 4.69) is 18.8 Å². The molecule has 0 aliphatic rings. The summed E-state index contributed by atoms with van der Waals surface area (Å²) in [5.74, 6) is 1.34. The summed E-state index contributed by atoms with van der Waals surface area (Å²) in [4.78, 5) is 4.26. The maximum Gasteiger partial charge on any atom is 0.213 e. The molecule has 0 aliphatic carbocycles. The number of hydrogen-bond donors (Lipinski definition) is 0. The standard InChI is InChI=1S/C11H17NO/c1-4-9(2)8-13-11-7-5-6-10(3)12-11/h5-7,9H,4,8H2,1-3H3. The number of rotatable bonds is 4. The highest BCUT2D eigenvalue weighted by molar-refractivity contribution is 5.14. The molecule has 72 valence electrons. The number of pyridine rings is 1. The second-order valence-corrected chi connectivity index (χ2v) is 3.44. The summed E-state index contributed by atoms with van der Waals surface area (Å²) in [6, 6.07) is 5.83. The molecule has 0 amide bonds. The van der Waals surface area contributed by atoms with Crippen molar-refractivity contribution in [2.45, 2.75) is 27.2 Å². The molecule has 0 aliphatic heterocycles. The van der Waals surface area contributed by atoms with Gasteiger partial charge in [-0.3, -0.25) is 0 Å². The van der Waals surface area contributed by atoms with Gasteiger partial charge in [0.2, 0.25) is 5.88 Å². The zero-order valence-electron chi connectivity index (χ0n) is 8.58. The molecule has 2 heteroatoms. The monoisotopic (exact) mass is 179 g/mol. The van der Waals surface area contributed by atoms with Gasteiger partial charge in [-0.05, 0) is 18.9 Å². The van der Waals surface area contributed by atoms with Crippen LogP contribution in [0.2, 0.25) is 0 Å². The van der Waals surface area contributed by atoms with Gasteiger partial charge in [-0.15, -0.1) is 0 Å². The summed E-state index contributed by atoms with van der Waals surface area (Å²) in [5.41, 5.74) is 1.00. The number of hydrogen-bond acceptors (Lipinski definition) is 2. The van der Waals surface area contributed by atoms with E-state index in [1.165, 1.54) is 0 Å². The van der Waals surface area contributed by atoms with Crippen molar-refractivity contribution in [1.29, 1.82) is 0 Å². The van der Waals surface area contributed by atoms with Crippen LogP contribution in [0.4, 0.5) is 0 Å². The van der Waals surface area contributed by atoms with Crippen LogP contribution in [0.15, 0.2) is 18.2 Å². The number of aromatic nitrogens is 1. The Balaban J connectivity index is 2.45. The third-order valence-corrected chi connectivity index (χ3v) is 2.08. The molecule has 0 aromatic carbocycles. The van der Waals surface area contributed by atoms with Gasteiger partial charge in [-0.1, -0.05) is 26.3 Å². The second kappa shape index (κ2) is 4.85. The van der Waals surface area contributed by atoms with Crippen LogP contribution in [0.25, 0.3) is 0 Å². The van der Waals surface area contributed by atoms with Gasteiger partial charge in [-0.2, -0.15) is 0 Å². The van der Waals surface area contributed by atoms with E-state index in [1.807, 2.05) is 25.1 Å². The van der Waals surface area contributed by atoms with Crippen molar-refractivity contribution in [2.24, 2.45) is 5.92 Å². The van der Waals surface area contributed by atoms with Gasteiger partial charge < -0.3 is 4.74 Å². The summed E-state index contributed by atoms with van der Waals surface area (Å²) in [6.45, 7) is 7.07. The fourth-order valence-corrected chi connectivity index (χ4v) is 0.944. The lowest BCUT2D eigenvalue weighted by atomic mass is 10.1. The molecule has 0 bridgehead atoms. The maximum absolute atomic E-state index is 5.53. The average Bonchev–Trinajstić information content (AvgIpc) is 2.14. The summed E-state index contributed by atoms with van der Waals surface area (Å²) in [5, 5.41) is 0. The number of ether oxygens (including phenoxy) is 1. The van der Waals surface area contributed by atoms with Crippen molar-refractivity contribution in [3.05, 3.63) is 23.9 Å². The van der Waals surface area contributed by atoms with Gasteiger partial charge in [0.25, 0.3) is 0 Å². The highest BCUT2D eigenvalue weighted by atomic mass is 16.5. The molecule has 1 atom stereocenters. The van der Waals surface area contributed by atoms with Crippen molar-refractivity contribution < 1.29 is 4.74 Å². The fraction of sp³-hybridized carbons (Fsp3) is 0.545. The summed E-state index contributed by atoms with van der Waals surface area (Å²) in [7, 11) is 0. The Morgan fingerprint density at radius 1 is 1.46 bits per heavy atom. The lowest BCUT2D eigenvalue weighted by molar-refractivity contribution is 0.247. The normalized spacial score (nSPS) is 12.5. The first kappa shape index (κ1) is 10.0. The minimum absolute atomic E-state index is 0.599. The highest BCUT2D eigenvalue weighted by Gasteiger charge is 2.00. The van der Waals surface area contributed by atoms with E-state index in [9.17, 15) is 0 Å². The molecule has 0 saturated carbocycles.